The van der Waals surface area contributed by atoms with Gasteiger partial charge < -0.3 is 21.5 Å². The average molecular weight is 343 g/mol. The maximum Gasteiger partial charge on any atom is 0.240 e. The van der Waals surface area contributed by atoms with E-state index in [1.165, 1.54) is 5.56 Å². The maximum absolute atomic E-state index is 11.2. The van der Waals surface area contributed by atoms with Gasteiger partial charge in [0.1, 0.15) is 11.8 Å². The van der Waals surface area contributed by atoms with Crippen molar-refractivity contribution >= 4 is 24.3 Å². The highest BCUT2D eigenvalue weighted by Crippen LogP contribution is 2.12. The summed E-state index contributed by atoms with van der Waals surface area (Å²) in [5, 5.41) is 2.87. The predicted octanol–water partition coefficient (Wildman–Crippen LogP) is 1.61. The number of nitrogens with two attached hydrogens (primary N) is 2. The summed E-state index contributed by atoms with van der Waals surface area (Å²) in [5.74, 6) is 0.717. The SMILES string of the molecule is CCC[C@H](NC(N)=NCCCc1ccc(OC)cc1)C(N)=O.Cl. The van der Waals surface area contributed by atoms with Crippen LogP contribution in [0.3, 0.4) is 0 Å². The van der Waals surface area contributed by atoms with Gasteiger partial charge in [-0.15, -0.1) is 12.4 Å². The molecule has 130 valence electrons. The van der Waals surface area contributed by atoms with Crippen molar-refractivity contribution in [2.45, 2.75) is 38.6 Å². The van der Waals surface area contributed by atoms with Gasteiger partial charge in [-0.1, -0.05) is 25.5 Å². The van der Waals surface area contributed by atoms with Crippen molar-refractivity contribution in [3.63, 3.8) is 0 Å². The van der Waals surface area contributed by atoms with E-state index in [4.69, 9.17) is 16.2 Å². The van der Waals surface area contributed by atoms with Crippen molar-refractivity contribution in [3.05, 3.63) is 29.8 Å². The lowest BCUT2D eigenvalue weighted by atomic mass is 10.1. The number of rotatable bonds is 9. The van der Waals surface area contributed by atoms with Gasteiger partial charge in [-0.05, 0) is 37.0 Å². The summed E-state index contributed by atoms with van der Waals surface area (Å²) in [4.78, 5) is 15.5. The summed E-state index contributed by atoms with van der Waals surface area (Å²) >= 11 is 0. The van der Waals surface area contributed by atoms with Gasteiger partial charge in [0.15, 0.2) is 5.96 Å². The Morgan fingerprint density at radius 3 is 2.48 bits per heavy atom. The van der Waals surface area contributed by atoms with E-state index < -0.39 is 11.9 Å². The maximum atomic E-state index is 11.2. The van der Waals surface area contributed by atoms with Crippen LogP contribution in [0, 0.1) is 0 Å². The number of nitrogens with zero attached hydrogens (tertiary/aromatic N) is 1. The number of hydrogen-bond acceptors (Lipinski definition) is 3. The monoisotopic (exact) mass is 342 g/mol. The Morgan fingerprint density at radius 1 is 1.30 bits per heavy atom. The number of methoxy groups -OCH3 is 1. The fraction of sp³-hybridized carbons (Fsp3) is 0.500. The molecule has 1 aromatic carbocycles. The van der Waals surface area contributed by atoms with Crippen molar-refractivity contribution in [2.75, 3.05) is 13.7 Å². The van der Waals surface area contributed by atoms with Gasteiger partial charge in [0.25, 0.3) is 0 Å². The second-order valence-electron chi connectivity index (χ2n) is 5.11. The molecule has 1 rings (SSSR count). The topological polar surface area (TPSA) is 103 Å². The molecule has 0 aliphatic heterocycles. The number of amides is 1. The van der Waals surface area contributed by atoms with Gasteiger partial charge in [-0.3, -0.25) is 9.79 Å². The van der Waals surface area contributed by atoms with Crippen LogP contribution in [0.5, 0.6) is 5.75 Å². The Labute approximate surface area is 144 Å². The molecule has 0 bridgehead atoms. The lowest BCUT2D eigenvalue weighted by Crippen LogP contribution is -2.47. The number of primary amides is 1. The highest BCUT2D eigenvalue weighted by molar-refractivity contribution is 5.87. The highest BCUT2D eigenvalue weighted by atomic mass is 35.5. The highest BCUT2D eigenvalue weighted by Gasteiger charge is 2.13. The van der Waals surface area contributed by atoms with Gasteiger partial charge in [0, 0.05) is 6.54 Å². The van der Waals surface area contributed by atoms with Crippen molar-refractivity contribution in [2.24, 2.45) is 16.5 Å². The first-order chi connectivity index (χ1) is 10.6. The van der Waals surface area contributed by atoms with E-state index in [2.05, 4.69) is 10.3 Å². The third-order valence-corrected chi connectivity index (χ3v) is 3.31. The van der Waals surface area contributed by atoms with E-state index >= 15 is 0 Å². The molecule has 1 atom stereocenters. The molecule has 6 nitrogen and oxygen atoms in total. The molecule has 0 aromatic heterocycles. The molecule has 0 saturated carbocycles. The van der Waals surface area contributed by atoms with Crippen LogP contribution < -0.4 is 21.5 Å². The number of carbonyl (C=O) groups excluding carboxylic acids is 1. The van der Waals surface area contributed by atoms with Crippen molar-refractivity contribution < 1.29 is 9.53 Å². The second-order valence-corrected chi connectivity index (χ2v) is 5.11. The summed E-state index contributed by atoms with van der Waals surface area (Å²) < 4.78 is 5.12. The lowest BCUT2D eigenvalue weighted by molar-refractivity contribution is -0.119. The number of benzene rings is 1. The van der Waals surface area contributed by atoms with Crippen LogP contribution in [0.2, 0.25) is 0 Å². The third kappa shape index (κ3) is 8.30. The molecule has 23 heavy (non-hydrogen) atoms. The first-order valence-electron chi connectivity index (χ1n) is 7.55. The van der Waals surface area contributed by atoms with Crippen molar-refractivity contribution in [1.82, 2.24) is 5.32 Å². The van der Waals surface area contributed by atoms with Crippen LogP contribution in [0.15, 0.2) is 29.3 Å². The molecule has 0 fully saturated rings. The summed E-state index contributed by atoms with van der Waals surface area (Å²) in [6.45, 7) is 2.59. The Hall–Kier alpha value is -1.95. The van der Waals surface area contributed by atoms with E-state index in [-0.39, 0.29) is 18.4 Å². The van der Waals surface area contributed by atoms with Crippen LogP contribution in [-0.4, -0.2) is 31.6 Å². The van der Waals surface area contributed by atoms with Crippen LogP contribution in [-0.2, 0) is 11.2 Å². The number of aliphatic imine (C=N–C) groups is 1. The van der Waals surface area contributed by atoms with Crippen LogP contribution >= 0.6 is 12.4 Å². The first-order valence-corrected chi connectivity index (χ1v) is 7.55. The van der Waals surface area contributed by atoms with Crippen molar-refractivity contribution in [3.8, 4) is 5.75 Å². The van der Waals surface area contributed by atoms with Gasteiger partial charge in [0.05, 0.1) is 7.11 Å². The predicted molar refractivity (Wildman–Crippen MR) is 96.1 cm³/mol. The van der Waals surface area contributed by atoms with E-state index in [1.54, 1.807) is 7.11 Å². The summed E-state index contributed by atoms with van der Waals surface area (Å²) in [7, 11) is 1.65. The van der Waals surface area contributed by atoms with Crippen LogP contribution in [0.25, 0.3) is 0 Å². The zero-order valence-corrected chi connectivity index (χ0v) is 14.6. The summed E-state index contributed by atoms with van der Waals surface area (Å²) in [5.41, 5.74) is 12.3. The molecular weight excluding hydrogens is 316 g/mol. The zero-order valence-electron chi connectivity index (χ0n) is 13.7. The minimum atomic E-state index is -0.449. The number of ether oxygens (including phenoxy) is 1. The third-order valence-electron chi connectivity index (χ3n) is 3.31. The Kier molecular flexibility index (Phi) is 10.6. The van der Waals surface area contributed by atoms with E-state index in [1.807, 2.05) is 31.2 Å². The van der Waals surface area contributed by atoms with Gasteiger partial charge >= 0.3 is 0 Å². The van der Waals surface area contributed by atoms with Crippen LogP contribution in [0.1, 0.15) is 31.7 Å². The number of nitrogens with one attached hydrogen (secondary N) is 1. The van der Waals surface area contributed by atoms with Crippen molar-refractivity contribution in [1.29, 1.82) is 0 Å². The smallest absolute Gasteiger partial charge is 0.240 e. The number of carbonyl (C=O) groups is 1. The van der Waals surface area contributed by atoms with Gasteiger partial charge in [-0.2, -0.15) is 0 Å². The zero-order chi connectivity index (χ0) is 16.4. The molecule has 1 amide bonds. The number of guanidine groups is 1. The fourth-order valence-electron chi connectivity index (χ4n) is 2.07. The minimum absolute atomic E-state index is 0. The molecule has 0 radical (unpaired) electrons. The molecule has 0 heterocycles. The number of aryl methyl sites for hydroxylation is 1. The molecule has 0 saturated heterocycles. The van der Waals surface area contributed by atoms with E-state index in [0.29, 0.717) is 13.0 Å². The molecule has 0 spiro atoms. The molecule has 1 aromatic rings. The van der Waals surface area contributed by atoms with E-state index in [9.17, 15) is 4.79 Å². The second kappa shape index (κ2) is 11.6. The lowest BCUT2D eigenvalue weighted by Gasteiger charge is -2.14. The largest absolute Gasteiger partial charge is 0.497 e. The molecule has 0 aliphatic rings. The Balaban J connectivity index is 0.00000484. The summed E-state index contributed by atoms with van der Waals surface area (Å²) in [6.07, 6.45) is 3.29. The normalized spacial score (nSPS) is 12.2. The average Bonchev–Trinajstić information content (AvgIpc) is 2.51. The molecule has 7 heteroatoms. The van der Waals surface area contributed by atoms with Crippen LogP contribution in [0.4, 0.5) is 0 Å². The number of halogens is 1. The van der Waals surface area contributed by atoms with Gasteiger partial charge in [0.2, 0.25) is 5.91 Å². The minimum Gasteiger partial charge on any atom is -0.497 e. The summed E-state index contributed by atoms with van der Waals surface area (Å²) in [6, 6.07) is 7.51. The first kappa shape index (κ1) is 21.0. The Morgan fingerprint density at radius 2 is 1.96 bits per heavy atom. The fourth-order valence-corrected chi connectivity index (χ4v) is 2.07. The molecule has 0 aliphatic carbocycles. The quantitative estimate of drug-likeness (QED) is 0.360. The Bertz CT molecular complexity index is 491. The van der Waals surface area contributed by atoms with E-state index in [0.717, 1.165) is 25.0 Å². The standard InChI is InChI=1S/C16H26N4O2.ClH/c1-3-5-14(15(17)21)20-16(18)19-11-4-6-12-7-9-13(22-2)10-8-12;/h7-10,14H,3-6,11H2,1-2H3,(H2,17,21)(H3,18,19,20);1H/t14-;/m0./s1. The molecule has 5 N–H and O–H groups in total. The van der Waals surface area contributed by atoms with Gasteiger partial charge in [-0.25, -0.2) is 0 Å². The number of hydrogen-bond donors (Lipinski definition) is 3. The molecular formula is C16H27ClN4O2. The molecule has 0 unspecified atom stereocenters.